The van der Waals surface area contributed by atoms with Crippen LogP contribution in [-0.2, 0) is 9.53 Å². The lowest BCUT2D eigenvalue weighted by Crippen LogP contribution is -2.17. The van der Waals surface area contributed by atoms with Gasteiger partial charge < -0.3 is 10.5 Å². The highest BCUT2D eigenvalue weighted by Gasteiger charge is 2.14. The number of rotatable bonds is 3. The molecule has 0 radical (unpaired) electrons. The first-order valence-corrected chi connectivity index (χ1v) is 4.63. The summed E-state index contributed by atoms with van der Waals surface area (Å²) in [7, 11) is 1.30. The van der Waals surface area contributed by atoms with E-state index in [1.807, 2.05) is 6.92 Å². The Labute approximate surface area is 88.0 Å². The van der Waals surface area contributed by atoms with E-state index in [-0.39, 0.29) is 12.2 Å². The van der Waals surface area contributed by atoms with Crippen LogP contribution in [0.2, 0.25) is 0 Å². The average Bonchev–Trinajstić information content (AvgIpc) is 2.21. The summed E-state index contributed by atoms with van der Waals surface area (Å²) in [5.41, 5.74) is 7.28. The highest BCUT2D eigenvalue weighted by Crippen LogP contribution is 2.19. The van der Waals surface area contributed by atoms with Crippen molar-refractivity contribution in [2.24, 2.45) is 5.73 Å². The van der Waals surface area contributed by atoms with Gasteiger partial charge in [-0.2, -0.15) is 0 Å². The van der Waals surface area contributed by atoms with E-state index >= 15 is 0 Å². The molecule has 1 aromatic rings. The van der Waals surface area contributed by atoms with Gasteiger partial charge in [0.15, 0.2) is 0 Å². The zero-order valence-electron chi connectivity index (χ0n) is 8.79. The monoisotopic (exact) mass is 211 g/mol. The van der Waals surface area contributed by atoms with Crippen molar-refractivity contribution in [1.29, 1.82) is 0 Å². The predicted octanol–water partition coefficient (Wildman–Crippen LogP) is 1.70. The fourth-order valence-corrected chi connectivity index (χ4v) is 1.38. The van der Waals surface area contributed by atoms with Crippen LogP contribution in [0, 0.1) is 12.7 Å². The number of methoxy groups -OCH3 is 1. The summed E-state index contributed by atoms with van der Waals surface area (Å²) < 4.78 is 17.5. The third kappa shape index (κ3) is 3.02. The van der Waals surface area contributed by atoms with Crippen molar-refractivity contribution in [3.05, 3.63) is 35.1 Å². The zero-order chi connectivity index (χ0) is 11.4. The Bertz CT molecular complexity index is 366. The van der Waals surface area contributed by atoms with Gasteiger partial charge in [-0.05, 0) is 30.2 Å². The van der Waals surface area contributed by atoms with Crippen molar-refractivity contribution in [3.63, 3.8) is 0 Å². The first kappa shape index (κ1) is 11.7. The van der Waals surface area contributed by atoms with E-state index in [1.165, 1.54) is 19.2 Å². The van der Waals surface area contributed by atoms with Crippen molar-refractivity contribution in [3.8, 4) is 0 Å². The van der Waals surface area contributed by atoms with E-state index in [2.05, 4.69) is 4.74 Å². The molecule has 0 saturated carbocycles. The van der Waals surface area contributed by atoms with Gasteiger partial charge in [-0.15, -0.1) is 0 Å². The van der Waals surface area contributed by atoms with Gasteiger partial charge >= 0.3 is 5.97 Å². The second kappa shape index (κ2) is 4.89. The maximum Gasteiger partial charge on any atom is 0.307 e. The number of aryl methyl sites for hydroxylation is 1. The van der Waals surface area contributed by atoms with E-state index in [0.717, 1.165) is 5.56 Å². The molecule has 0 fully saturated rings. The first-order valence-electron chi connectivity index (χ1n) is 4.63. The SMILES string of the molecule is COC(=O)C[C@@H](N)c1cc(F)ccc1C. The Hall–Kier alpha value is -1.42. The van der Waals surface area contributed by atoms with Crippen LogP contribution in [-0.4, -0.2) is 13.1 Å². The molecule has 0 aliphatic carbocycles. The lowest BCUT2D eigenvalue weighted by molar-refractivity contribution is -0.141. The molecule has 1 rings (SSSR count). The third-order valence-corrected chi connectivity index (χ3v) is 2.26. The second-order valence-corrected chi connectivity index (χ2v) is 3.39. The van der Waals surface area contributed by atoms with Gasteiger partial charge in [0.05, 0.1) is 13.5 Å². The van der Waals surface area contributed by atoms with Crippen LogP contribution in [0.5, 0.6) is 0 Å². The van der Waals surface area contributed by atoms with E-state index < -0.39 is 12.0 Å². The summed E-state index contributed by atoms with van der Waals surface area (Å²) in [6.07, 6.45) is 0.0563. The Balaban J connectivity index is 2.85. The molecule has 0 amide bonds. The maximum atomic E-state index is 13.0. The topological polar surface area (TPSA) is 52.3 Å². The minimum absolute atomic E-state index is 0.0563. The van der Waals surface area contributed by atoms with Crippen molar-refractivity contribution in [1.82, 2.24) is 0 Å². The van der Waals surface area contributed by atoms with Gasteiger partial charge in [0.2, 0.25) is 0 Å². The van der Waals surface area contributed by atoms with Crippen molar-refractivity contribution < 1.29 is 13.9 Å². The quantitative estimate of drug-likeness (QED) is 0.774. The Kier molecular flexibility index (Phi) is 3.80. The number of carbonyl (C=O) groups is 1. The predicted molar refractivity (Wildman–Crippen MR) is 54.7 cm³/mol. The van der Waals surface area contributed by atoms with Crippen LogP contribution in [0.3, 0.4) is 0 Å². The van der Waals surface area contributed by atoms with Crippen molar-refractivity contribution >= 4 is 5.97 Å². The molecule has 0 aliphatic rings. The highest BCUT2D eigenvalue weighted by molar-refractivity contribution is 5.70. The summed E-state index contributed by atoms with van der Waals surface area (Å²) in [5.74, 6) is -0.748. The minimum atomic E-state index is -0.520. The normalized spacial score (nSPS) is 12.3. The van der Waals surface area contributed by atoms with Gasteiger partial charge in [0.25, 0.3) is 0 Å². The van der Waals surface area contributed by atoms with Gasteiger partial charge in [-0.25, -0.2) is 4.39 Å². The molecule has 15 heavy (non-hydrogen) atoms. The number of carbonyl (C=O) groups excluding carboxylic acids is 1. The van der Waals surface area contributed by atoms with Crippen LogP contribution >= 0.6 is 0 Å². The number of halogens is 1. The fourth-order valence-electron chi connectivity index (χ4n) is 1.38. The molecule has 82 valence electrons. The average molecular weight is 211 g/mol. The van der Waals surface area contributed by atoms with Crippen LogP contribution < -0.4 is 5.73 Å². The summed E-state index contributed by atoms with van der Waals surface area (Å²) in [4.78, 5) is 11.0. The number of hydrogen-bond donors (Lipinski definition) is 1. The molecule has 0 bridgehead atoms. The highest BCUT2D eigenvalue weighted by atomic mass is 19.1. The molecule has 0 heterocycles. The van der Waals surface area contributed by atoms with Crippen LogP contribution in [0.25, 0.3) is 0 Å². The Morgan fingerprint density at radius 2 is 2.27 bits per heavy atom. The molecule has 3 nitrogen and oxygen atoms in total. The van der Waals surface area contributed by atoms with Crippen LogP contribution in [0.1, 0.15) is 23.6 Å². The number of ether oxygens (including phenoxy) is 1. The third-order valence-electron chi connectivity index (χ3n) is 2.26. The first-order chi connectivity index (χ1) is 7.04. The summed E-state index contributed by atoms with van der Waals surface area (Å²) in [6.45, 7) is 1.83. The molecule has 0 aromatic heterocycles. The van der Waals surface area contributed by atoms with Crippen LogP contribution in [0.15, 0.2) is 18.2 Å². The van der Waals surface area contributed by atoms with Crippen molar-refractivity contribution in [2.75, 3.05) is 7.11 Å². The van der Waals surface area contributed by atoms with Gasteiger partial charge in [0.1, 0.15) is 5.82 Å². The largest absolute Gasteiger partial charge is 0.469 e. The van der Waals surface area contributed by atoms with E-state index in [1.54, 1.807) is 6.07 Å². The molecule has 0 aliphatic heterocycles. The molecule has 1 atom stereocenters. The molecule has 4 heteroatoms. The van der Waals surface area contributed by atoms with E-state index in [0.29, 0.717) is 5.56 Å². The number of benzene rings is 1. The van der Waals surface area contributed by atoms with Crippen LogP contribution in [0.4, 0.5) is 4.39 Å². The minimum Gasteiger partial charge on any atom is -0.469 e. The fraction of sp³-hybridized carbons (Fsp3) is 0.364. The van der Waals surface area contributed by atoms with Gasteiger partial charge in [-0.1, -0.05) is 6.07 Å². The Morgan fingerprint density at radius 1 is 1.60 bits per heavy atom. The Morgan fingerprint density at radius 3 is 2.87 bits per heavy atom. The lowest BCUT2D eigenvalue weighted by atomic mass is 9.99. The van der Waals surface area contributed by atoms with E-state index in [9.17, 15) is 9.18 Å². The summed E-state index contributed by atoms with van der Waals surface area (Å²) in [5, 5.41) is 0. The van der Waals surface area contributed by atoms with Crippen molar-refractivity contribution in [2.45, 2.75) is 19.4 Å². The molecule has 0 spiro atoms. The summed E-state index contributed by atoms with van der Waals surface area (Å²) >= 11 is 0. The van der Waals surface area contributed by atoms with E-state index in [4.69, 9.17) is 5.73 Å². The molecule has 1 aromatic carbocycles. The van der Waals surface area contributed by atoms with Gasteiger partial charge in [-0.3, -0.25) is 4.79 Å². The number of esters is 1. The smallest absolute Gasteiger partial charge is 0.307 e. The standard InChI is InChI=1S/C11H14FNO2/c1-7-3-4-8(12)5-9(7)10(13)6-11(14)15-2/h3-5,10H,6,13H2,1-2H3/t10-/m1/s1. The zero-order valence-corrected chi connectivity index (χ0v) is 8.79. The molecule has 2 N–H and O–H groups in total. The molecular formula is C11H14FNO2. The lowest BCUT2D eigenvalue weighted by Gasteiger charge is -2.13. The molecule has 0 unspecified atom stereocenters. The second-order valence-electron chi connectivity index (χ2n) is 3.39. The maximum absolute atomic E-state index is 13.0. The molecule has 0 saturated heterocycles. The van der Waals surface area contributed by atoms with Gasteiger partial charge in [0, 0.05) is 6.04 Å². The summed E-state index contributed by atoms with van der Waals surface area (Å²) in [6, 6.07) is 3.84. The number of hydrogen-bond acceptors (Lipinski definition) is 3. The number of nitrogens with two attached hydrogens (primary N) is 1. The molecular weight excluding hydrogens is 197 g/mol.